The zero-order valence-electron chi connectivity index (χ0n) is 11.3. The quantitative estimate of drug-likeness (QED) is 0.545. The third kappa shape index (κ3) is 7.28. The summed E-state index contributed by atoms with van der Waals surface area (Å²) in [6, 6.07) is 3.36. The van der Waals surface area contributed by atoms with Gasteiger partial charge in [-0.3, -0.25) is 0 Å². The molecule has 0 aliphatic rings. The van der Waals surface area contributed by atoms with Gasteiger partial charge < -0.3 is 9.47 Å². The molecule has 0 saturated carbocycles. The summed E-state index contributed by atoms with van der Waals surface area (Å²) in [6.45, 7) is 4.94. The first-order chi connectivity index (χ1) is 8.77. The minimum absolute atomic E-state index is 0. The zero-order valence-corrected chi connectivity index (χ0v) is 12.9. The van der Waals surface area contributed by atoms with Gasteiger partial charge in [0.05, 0.1) is 19.4 Å². The van der Waals surface area contributed by atoms with Crippen LogP contribution in [0.25, 0.3) is 0 Å². The largest absolute Gasteiger partial charge is 0.492 e. The number of carbonyl (C=O) groups excluding carboxylic acids is 1. The van der Waals surface area contributed by atoms with Crippen molar-refractivity contribution < 1.29 is 14.3 Å². The number of halogens is 1. The lowest BCUT2D eigenvalue weighted by atomic mass is 10.3. The number of aromatic nitrogens is 1. The first-order valence-corrected chi connectivity index (χ1v) is 7.27. The van der Waals surface area contributed by atoms with Crippen LogP contribution < -0.4 is 4.74 Å². The second kappa shape index (κ2) is 10.9. The monoisotopic (exact) mass is 305 g/mol. The van der Waals surface area contributed by atoms with E-state index in [1.54, 1.807) is 25.3 Å². The fourth-order valence-electron chi connectivity index (χ4n) is 1.29. The van der Waals surface area contributed by atoms with Gasteiger partial charge in [0.1, 0.15) is 11.4 Å². The highest BCUT2D eigenvalue weighted by atomic mass is 35.5. The third-order valence-electron chi connectivity index (χ3n) is 2.13. The van der Waals surface area contributed by atoms with Crippen LogP contribution in [-0.2, 0) is 4.74 Å². The van der Waals surface area contributed by atoms with Crippen molar-refractivity contribution >= 4 is 30.1 Å². The number of hydrogen-bond donors (Lipinski definition) is 0. The van der Waals surface area contributed by atoms with E-state index in [9.17, 15) is 4.79 Å². The normalized spacial score (nSPS) is 9.58. The number of thioether (sulfide) groups is 1. The van der Waals surface area contributed by atoms with Gasteiger partial charge in [0.15, 0.2) is 0 Å². The van der Waals surface area contributed by atoms with Gasteiger partial charge in [-0.15, -0.1) is 12.4 Å². The van der Waals surface area contributed by atoms with E-state index in [1.165, 1.54) is 0 Å². The lowest BCUT2D eigenvalue weighted by molar-refractivity contribution is 0.0519. The lowest BCUT2D eigenvalue weighted by Gasteiger charge is -2.06. The van der Waals surface area contributed by atoms with Crippen molar-refractivity contribution in [1.29, 1.82) is 0 Å². The van der Waals surface area contributed by atoms with Gasteiger partial charge in [-0.05, 0) is 37.0 Å². The molecule has 108 valence electrons. The predicted octanol–water partition coefficient (Wildman–Crippen LogP) is 3.20. The van der Waals surface area contributed by atoms with Crippen LogP contribution in [0.5, 0.6) is 5.75 Å². The molecule has 1 rings (SSSR count). The number of ether oxygens (including phenoxy) is 2. The van der Waals surface area contributed by atoms with Gasteiger partial charge >= 0.3 is 5.97 Å². The Balaban J connectivity index is 0.00000324. The number of hydrogen-bond acceptors (Lipinski definition) is 5. The van der Waals surface area contributed by atoms with Crippen LogP contribution in [-0.4, -0.2) is 35.7 Å². The van der Waals surface area contributed by atoms with E-state index in [2.05, 4.69) is 11.9 Å². The van der Waals surface area contributed by atoms with Crippen molar-refractivity contribution in [3.63, 3.8) is 0 Å². The highest BCUT2D eigenvalue weighted by Gasteiger charge is 2.07. The van der Waals surface area contributed by atoms with Crippen molar-refractivity contribution in [3.05, 3.63) is 24.0 Å². The Labute approximate surface area is 124 Å². The number of pyridine rings is 1. The molecule has 0 aliphatic carbocycles. The highest BCUT2D eigenvalue weighted by molar-refractivity contribution is 7.99. The van der Waals surface area contributed by atoms with E-state index in [0.717, 1.165) is 17.9 Å². The Kier molecular flexibility index (Phi) is 10.4. The SMILES string of the molecule is CCOC(=O)c1ccc(OCCCSCC)cn1.Cl. The van der Waals surface area contributed by atoms with E-state index in [1.807, 2.05) is 11.8 Å². The van der Waals surface area contributed by atoms with E-state index in [4.69, 9.17) is 9.47 Å². The molecule has 1 aromatic rings. The minimum Gasteiger partial charge on any atom is -0.492 e. The fraction of sp³-hybridized carbons (Fsp3) is 0.538. The molecule has 4 nitrogen and oxygen atoms in total. The van der Waals surface area contributed by atoms with E-state index < -0.39 is 5.97 Å². The molecular weight excluding hydrogens is 286 g/mol. The Morgan fingerprint density at radius 1 is 1.37 bits per heavy atom. The third-order valence-corrected chi connectivity index (χ3v) is 3.11. The molecule has 0 fully saturated rings. The highest BCUT2D eigenvalue weighted by Crippen LogP contribution is 2.11. The van der Waals surface area contributed by atoms with Crippen LogP contribution in [0.1, 0.15) is 30.8 Å². The summed E-state index contributed by atoms with van der Waals surface area (Å²) in [5.41, 5.74) is 0.311. The molecule has 0 atom stereocenters. The molecule has 0 saturated heterocycles. The maximum atomic E-state index is 11.4. The first-order valence-electron chi connectivity index (χ1n) is 6.11. The van der Waals surface area contributed by atoms with Crippen molar-refractivity contribution in [3.8, 4) is 5.75 Å². The van der Waals surface area contributed by atoms with Gasteiger partial charge in [-0.1, -0.05) is 6.92 Å². The maximum absolute atomic E-state index is 11.4. The molecule has 0 spiro atoms. The summed E-state index contributed by atoms with van der Waals surface area (Å²) in [7, 11) is 0. The second-order valence-electron chi connectivity index (χ2n) is 3.50. The summed E-state index contributed by atoms with van der Waals surface area (Å²) >= 11 is 1.90. The molecule has 19 heavy (non-hydrogen) atoms. The molecule has 0 aliphatic heterocycles. The van der Waals surface area contributed by atoms with Gasteiger partial charge in [-0.2, -0.15) is 11.8 Å². The summed E-state index contributed by atoms with van der Waals surface area (Å²) in [5.74, 6) is 2.52. The van der Waals surface area contributed by atoms with Crippen molar-refractivity contribution in [2.24, 2.45) is 0 Å². The van der Waals surface area contributed by atoms with Gasteiger partial charge in [-0.25, -0.2) is 9.78 Å². The smallest absolute Gasteiger partial charge is 0.356 e. The average Bonchev–Trinajstić information content (AvgIpc) is 2.39. The molecule has 6 heteroatoms. The van der Waals surface area contributed by atoms with Gasteiger partial charge in [0, 0.05) is 0 Å². The topological polar surface area (TPSA) is 48.4 Å². The standard InChI is InChI=1S/C13H19NO3S.ClH/c1-3-16-13(15)12-7-6-11(10-14-12)17-8-5-9-18-4-2;/h6-7,10H,3-5,8-9H2,1-2H3;1H. The molecule has 1 heterocycles. The lowest BCUT2D eigenvalue weighted by Crippen LogP contribution is -2.07. The molecule has 1 aromatic heterocycles. The van der Waals surface area contributed by atoms with Crippen molar-refractivity contribution in [2.75, 3.05) is 24.7 Å². The summed E-state index contributed by atoms with van der Waals surface area (Å²) in [4.78, 5) is 15.4. The molecule has 0 N–H and O–H groups in total. The second-order valence-corrected chi connectivity index (χ2v) is 4.89. The van der Waals surface area contributed by atoms with Crippen LogP contribution >= 0.6 is 24.2 Å². The van der Waals surface area contributed by atoms with Gasteiger partial charge in [0.2, 0.25) is 0 Å². The Bertz CT molecular complexity index is 359. The van der Waals surface area contributed by atoms with Crippen LogP contribution in [0.4, 0.5) is 0 Å². The van der Waals surface area contributed by atoms with Crippen molar-refractivity contribution in [2.45, 2.75) is 20.3 Å². The van der Waals surface area contributed by atoms with Crippen LogP contribution in [0, 0.1) is 0 Å². The predicted molar refractivity (Wildman–Crippen MR) is 80.6 cm³/mol. The Morgan fingerprint density at radius 3 is 2.74 bits per heavy atom. The van der Waals surface area contributed by atoms with Crippen LogP contribution in [0.3, 0.4) is 0 Å². The first kappa shape index (κ1) is 18.1. The molecule has 0 radical (unpaired) electrons. The van der Waals surface area contributed by atoms with Crippen molar-refractivity contribution in [1.82, 2.24) is 4.98 Å². The molecule has 0 unspecified atom stereocenters. The number of rotatable bonds is 8. The zero-order chi connectivity index (χ0) is 13.2. The summed E-state index contributed by atoms with van der Waals surface area (Å²) in [6.07, 6.45) is 2.57. The minimum atomic E-state index is -0.400. The molecule has 0 aromatic carbocycles. The van der Waals surface area contributed by atoms with E-state index in [0.29, 0.717) is 24.7 Å². The average molecular weight is 306 g/mol. The van der Waals surface area contributed by atoms with Crippen LogP contribution in [0.15, 0.2) is 18.3 Å². The maximum Gasteiger partial charge on any atom is 0.356 e. The van der Waals surface area contributed by atoms with Gasteiger partial charge in [0.25, 0.3) is 0 Å². The molecule has 0 bridgehead atoms. The Morgan fingerprint density at radius 2 is 2.16 bits per heavy atom. The number of esters is 1. The number of nitrogens with zero attached hydrogens (tertiary/aromatic N) is 1. The molecular formula is C13H20ClNO3S. The fourth-order valence-corrected chi connectivity index (χ4v) is 1.90. The molecule has 0 amide bonds. The van der Waals surface area contributed by atoms with E-state index in [-0.39, 0.29) is 12.4 Å². The summed E-state index contributed by atoms with van der Waals surface area (Å²) in [5, 5.41) is 0. The summed E-state index contributed by atoms with van der Waals surface area (Å²) < 4.78 is 10.4. The van der Waals surface area contributed by atoms with Crippen LogP contribution in [0.2, 0.25) is 0 Å². The number of carbonyl (C=O) groups is 1. The Hall–Kier alpha value is -0.940. The van der Waals surface area contributed by atoms with E-state index >= 15 is 0 Å².